The fourth-order valence-electron chi connectivity index (χ4n) is 6.92. The summed E-state index contributed by atoms with van der Waals surface area (Å²) in [7, 11) is -8.91. The van der Waals surface area contributed by atoms with Crippen molar-refractivity contribution in [3.8, 4) is 0 Å². The average molecular weight is 687 g/mol. The maximum Gasteiger partial charge on any atom is 0.206 e. The number of rotatable bonds is 1. The zero-order valence-electron chi connectivity index (χ0n) is 27.2. The third-order valence-electron chi connectivity index (χ3n) is 9.29. The molecule has 0 atom stereocenters. The van der Waals surface area contributed by atoms with E-state index in [9.17, 15) is 0 Å². The van der Waals surface area contributed by atoms with Crippen LogP contribution < -0.4 is 31.0 Å². The molecule has 0 fully saturated rings. The molecule has 3 aliphatic rings. The molecule has 4 nitrogen and oxygen atoms in total. The van der Waals surface area contributed by atoms with Crippen LogP contribution in [0, 0.1) is 0 Å². The standard InChI is InChI=1S/C34H42N2O2S2Si4/c1-10-36-29-17-13-25-21-33(29)40-34-22-26(14-18-30(34)36)44(8,9)38-42(4,5)24-12-16-28-32(20-24)39-31-19-23(11-15-27(31)35-28)41(2,3)37-43(25,6)7/h11-22,35H,10H2,1-9H3. The molecule has 0 aliphatic carbocycles. The summed E-state index contributed by atoms with van der Waals surface area (Å²) >= 11 is 3.79. The highest BCUT2D eigenvalue weighted by Gasteiger charge is 2.40. The van der Waals surface area contributed by atoms with Crippen molar-refractivity contribution >= 4 is 100 Å². The molecule has 3 aliphatic heterocycles. The maximum atomic E-state index is 7.31. The zero-order chi connectivity index (χ0) is 31.2. The van der Waals surface area contributed by atoms with Crippen LogP contribution in [0.25, 0.3) is 0 Å². The lowest BCUT2D eigenvalue weighted by Crippen LogP contribution is -2.58. The van der Waals surface area contributed by atoms with E-state index in [1.165, 1.54) is 63.1 Å². The van der Waals surface area contributed by atoms with Crippen LogP contribution in [-0.2, 0) is 8.23 Å². The molecule has 0 radical (unpaired) electrons. The summed E-state index contributed by atoms with van der Waals surface area (Å²) < 4.78 is 14.6. The molecule has 0 unspecified atom stereocenters. The van der Waals surface area contributed by atoms with Gasteiger partial charge in [0.15, 0.2) is 0 Å². The Bertz CT molecular complexity index is 1700. The predicted octanol–water partition coefficient (Wildman–Crippen LogP) is 7.91. The second-order valence-corrected chi connectivity index (χ2v) is 32.3. The quantitative estimate of drug-likeness (QED) is 0.181. The number of hydrogen-bond acceptors (Lipinski definition) is 6. The van der Waals surface area contributed by atoms with E-state index < -0.39 is 33.3 Å². The topological polar surface area (TPSA) is 33.7 Å². The summed E-state index contributed by atoms with van der Waals surface area (Å²) in [4.78, 5) is 7.67. The SMILES string of the molecule is CCN1c2ccc3cc2Sc2cc(ccc21)[Si](C)(C)O[Si](C)(C)c1ccc2c(c1)Sc1cc(ccc1N2)[Si](C)(C)O[Si]3(C)C. The molecule has 44 heavy (non-hydrogen) atoms. The highest BCUT2D eigenvalue weighted by Crippen LogP contribution is 2.48. The Labute approximate surface area is 275 Å². The van der Waals surface area contributed by atoms with Gasteiger partial charge in [-0.05, 0) is 129 Å². The van der Waals surface area contributed by atoms with E-state index in [1.807, 2.05) is 23.5 Å². The number of benzene rings is 4. The molecule has 3 heterocycles. The Morgan fingerprint density at radius 1 is 0.523 bits per heavy atom. The van der Waals surface area contributed by atoms with E-state index >= 15 is 0 Å². The number of nitrogens with zero attached hydrogens (tertiary/aromatic N) is 1. The fraction of sp³-hybridized carbons (Fsp3) is 0.294. The maximum absolute atomic E-state index is 7.31. The molecule has 0 aromatic heterocycles. The van der Waals surface area contributed by atoms with Crippen molar-refractivity contribution < 1.29 is 8.23 Å². The Hall–Kier alpha value is -2.03. The molecule has 10 heteroatoms. The van der Waals surface area contributed by atoms with Gasteiger partial charge in [-0.2, -0.15) is 0 Å². The summed E-state index contributed by atoms with van der Waals surface area (Å²) in [6, 6.07) is 28.1. The Morgan fingerprint density at radius 3 is 1.25 bits per heavy atom. The van der Waals surface area contributed by atoms with Gasteiger partial charge in [-0.3, -0.25) is 0 Å². The first-order valence-corrected chi connectivity index (χ1v) is 28.8. The molecule has 0 saturated carbocycles. The normalized spacial score (nSPS) is 20.1. The van der Waals surface area contributed by atoms with Crippen LogP contribution in [0.15, 0.2) is 92.4 Å². The first kappa shape index (κ1) is 30.6. The lowest BCUT2D eigenvalue weighted by molar-refractivity contribution is 0.572. The van der Waals surface area contributed by atoms with Gasteiger partial charge in [0.1, 0.15) is 0 Å². The van der Waals surface area contributed by atoms with E-state index in [4.69, 9.17) is 8.23 Å². The predicted molar refractivity (Wildman–Crippen MR) is 201 cm³/mol. The smallest absolute Gasteiger partial charge is 0.206 e. The van der Waals surface area contributed by atoms with E-state index in [2.05, 4.69) is 142 Å². The van der Waals surface area contributed by atoms with Crippen LogP contribution in [0.2, 0.25) is 52.4 Å². The minimum atomic E-state index is -2.23. The van der Waals surface area contributed by atoms with Crippen LogP contribution in [-0.4, -0.2) is 39.8 Å². The Balaban J connectivity index is 1.40. The van der Waals surface area contributed by atoms with E-state index in [0.29, 0.717) is 0 Å². The van der Waals surface area contributed by atoms with Gasteiger partial charge in [0.2, 0.25) is 33.3 Å². The number of nitrogens with one attached hydrogen (secondary N) is 1. The number of hydrogen-bond donors (Lipinski definition) is 1. The number of anilines is 4. The molecule has 8 bridgehead atoms. The molecule has 7 rings (SSSR count). The largest absolute Gasteiger partial charge is 0.449 e. The summed E-state index contributed by atoms with van der Waals surface area (Å²) in [5.41, 5.74) is 4.94. The molecular formula is C34H42N2O2S2Si4. The van der Waals surface area contributed by atoms with Crippen LogP contribution in [0.3, 0.4) is 0 Å². The first-order valence-electron chi connectivity index (χ1n) is 15.6. The second kappa shape index (κ2) is 10.5. The summed E-state index contributed by atoms with van der Waals surface area (Å²) in [6.45, 7) is 22.1. The molecule has 4 aromatic carbocycles. The second-order valence-electron chi connectivity index (χ2n) is 14.1. The van der Waals surface area contributed by atoms with Crippen molar-refractivity contribution in [2.24, 2.45) is 0 Å². The summed E-state index contributed by atoms with van der Waals surface area (Å²) in [5, 5.41) is 9.12. The average Bonchev–Trinajstić information content (AvgIpc) is 2.96. The van der Waals surface area contributed by atoms with Gasteiger partial charge in [-0.25, -0.2) is 0 Å². The molecule has 0 spiro atoms. The number of fused-ring (bicyclic) bond motifs is 4. The lowest BCUT2D eigenvalue weighted by Gasteiger charge is -2.38. The lowest BCUT2D eigenvalue weighted by atomic mass is 10.2. The molecule has 0 saturated heterocycles. The van der Waals surface area contributed by atoms with Gasteiger partial charge in [-0.1, -0.05) is 47.8 Å². The molecule has 0 amide bonds. The van der Waals surface area contributed by atoms with Gasteiger partial charge < -0.3 is 18.4 Å². The minimum absolute atomic E-state index is 0.928. The van der Waals surface area contributed by atoms with Gasteiger partial charge in [0, 0.05) is 26.1 Å². The van der Waals surface area contributed by atoms with Crippen LogP contribution in [0.1, 0.15) is 6.92 Å². The van der Waals surface area contributed by atoms with Gasteiger partial charge >= 0.3 is 0 Å². The zero-order valence-corrected chi connectivity index (χ0v) is 32.8. The molecule has 4 aromatic rings. The van der Waals surface area contributed by atoms with E-state index in [0.717, 1.165) is 6.54 Å². The summed E-state index contributed by atoms with van der Waals surface area (Å²) in [6.07, 6.45) is 0. The summed E-state index contributed by atoms with van der Waals surface area (Å²) in [5.74, 6) is 0. The highest BCUT2D eigenvalue weighted by molar-refractivity contribution is 8.00. The van der Waals surface area contributed by atoms with Crippen LogP contribution >= 0.6 is 23.5 Å². The van der Waals surface area contributed by atoms with Crippen molar-refractivity contribution in [2.45, 2.75) is 78.9 Å². The highest BCUT2D eigenvalue weighted by atomic mass is 32.2. The van der Waals surface area contributed by atoms with Crippen LogP contribution in [0.4, 0.5) is 22.7 Å². The third kappa shape index (κ3) is 5.21. The van der Waals surface area contributed by atoms with E-state index in [1.54, 1.807) is 0 Å². The minimum Gasteiger partial charge on any atom is -0.449 e. The Morgan fingerprint density at radius 2 is 0.864 bits per heavy atom. The molecular weight excluding hydrogens is 645 g/mol. The van der Waals surface area contributed by atoms with Crippen molar-refractivity contribution in [3.05, 3.63) is 72.8 Å². The van der Waals surface area contributed by atoms with Crippen molar-refractivity contribution in [1.29, 1.82) is 0 Å². The Kier molecular flexibility index (Phi) is 7.30. The van der Waals surface area contributed by atoms with Crippen molar-refractivity contribution in [2.75, 3.05) is 16.8 Å². The van der Waals surface area contributed by atoms with Gasteiger partial charge in [-0.15, -0.1) is 0 Å². The van der Waals surface area contributed by atoms with E-state index in [-0.39, 0.29) is 0 Å². The third-order valence-corrected chi connectivity index (χ3v) is 26.5. The molecule has 228 valence electrons. The first-order chi connectivity index (χ1) is 20.7. The fourth-order valence-corrected chi connectivity index (χ4v) is 25.6. The monoisotopic (exact) mass is 686 g/mol. The molecule has 1 N–H and O–H groups in total. The van der Waals surface area contributed by atoms with Crippen molar-refractivity contribution in [3.63, 3.8) is 0 Å². The van der Waals surface area contributed by atoms with Gasteiger partial charge in [0.05, 0.1) is 22.7 Å². The van der Waals surface area contributed by atoms with Gasteiger partial charge in [0.25, 0.3) is 0 Å². The van der Waals surface area contributed by atoms with Crippen molar-refractivity contribution in [1.82, 2.24) is 0 Å². The van der Waals surface area contributed by atoms with Crippen LogP contribution in [0.5, 0.6) is 0 Å².